The highest BCUT2D eigenvalue weighted by molar-refractivity contribution is 7.90. The van der Waals surface area contributed by atoms with Crippen LogP contribution in [-0.2, 0) is 19.6 Å². The van der Waals surface area contributed by atoms with Gasteiger partial charge in [-0.2, -0.15) is 0 Å². The van der Waals surface area contributed by atoms with Gasteiger partial charge in [-0.15, -0.1) is 0 Å². The van der Waals surface area contributed by atoms with Gasteiger partial charge in [0.2, 0.25) is 10.0 Å². The van der Waals surface area contributed by atoms with Crippen molar-refractivity contribution in [3.05, 3.63) is 0 Å². The largest absolute Gasteiger partial charge is 0.468 e. The summed E-state index contributed by atoms with van der Waals surface area (Å²) in [4.78, 5) is 10.9. The van der Waals surface area contributed by atoms with E-state index in [9.17, 15) is 13.2 Å². The summed E-state index contributed by atoms with van der Waals surface area (Å²) in [6.45, 7) is 2.04. The summed E-state index contributed by atoms with van der Waals surface area (Å²) in [5.74, 6) is -0.762. The lowest BCUT2D eigenvalue weighted by atomic mass is 10.5. The van der Waals surface area contributed by atoms with Crippen molar-refractivity contribution >= 4 is 16.0 Å². The minimum atomic E-state index is -3.61. The molecule has 0 saturated carbocycles. The highest BCUT2D eigenvalue weighted by Crippen LogP contribution is 1.99. The number of hydrogen-bond acceptors (Lipinski definition) is 5. The van der Waals surface area contributed by atoms with E-state index in [4.69, 9.17) is 0 Å². The first kappa shape index (κ1) is 13.3. The summed E-state index contributed by atoms with van der Waals surface area (Å²) in [5.41, 5.74) is 0. The number of esters is 1. The smallest absolute Gasteiger partial charge is 0.325 e. The van der Waals surface area contributed by atoms with Crippen molar-refractivity contribution in [1.82, 2.24) is 10.0 Å². The minimum absolute atomic E-state index is 0.250. The summed E-state index contributed by atoms with van der Waals surface area (Å²) >= 11 is 0. The molecule has 0 aromatic rings. The Hall–Kier alpha value is -0.660. The molecule has 0 spiro atoms. The van der Waals surface area contributed by atoms with Crippen LogP contribution in [0.15, 0.2) is 0 Å². The molecule has 0 saturated heterocycles. The van der Waals surface area contributed by atoms with E-state index in [1.165, 1.54) is 6.92 Å². The molecule has 0 bridgehead atoms. The third-order valence-corrected chi connectivity index (χ3v) is 3.41. The van der Waals surface area contributed by atoms with E-state index in [2.05, 4.69) is 14.8 Å². The quantitative estimate of drug-likeness (QED) is 0.432. The lowest BCUT2D eigenvalue weighted by molar-refractivity contribution is -0.139. The average Bonchev–Trinajstić information content (AvgIpc) is 2.15. The summed E-state index contributed by atoms with van der Waals surface area (Å²) in [6.07, 6.45) is 0. The number of carbonyl (C=O) groups excluding carboxylic acids is 1. The van der Waals surface area contributed by atoms with Gasteiger partial charge in [0.25, 0.3) is 0 Å². The van der Waals surface area contributed by atoms with Gasteiger partial charge in [-0.25, -0.2) is 13.1 Å². The molecule has 0 aliphatic carbocycles. The van der Waals surface area contributed by atoms with Crippen molar-refractivity contribution in [2.24, 2.45) is 0 Å². The van der Waals surface area contributed by atoms with Crippen LogP contribution in [0.5, 0.6) is 0 Å². The molecule has 84 valence electrons. The molecule has 0 heterocycles. The Kier molecular flexibility index (Phi) is 5.66. The molecule has 0 fully saturated rings. The average molecular weight is 224 g/mol. The number of ether oxygens (including phenoxy) is 1. The van der Waals surface area contributed by atoms with Crippen LogP contribution >= 0.6 is 0 Å². The number of sulfonamides is 1. The molecule has 0 radical (unpaired) electrons. The number of likely N-dealkylation sites (N-methyl/N-ethyl adjacent to an activating group) is 1. The lowest BCUT2D eigenvalue weighted by Crippen LogP contribution is -2.40. The highest BCUT2D eigenvalue weighted by Gasteiger charge is 2.27. The zero-order valence-electron chi connectivity index (χ0n) is 8.53. The van der Waals surface area contributed by atoms with Crippen molar-refractivity contribution < 1.29 is 17.9 Å². The number of nitrogens with one attached hydrogen (secondary N) is 2. The normalized spacial score (nSPS) is 13.6. The third-order valence-electron chi connectivity index (χ3n) is 1.68. The van der Waals surface area contributed by atoms with Gasteiger partial charge < -0.3 is 10.1 Å². The second-order valence-corrected chi connectivity index (χ2v) is 4.79. The predicted molar refractivity (Wildman–Crippen MR) is 52.3 cm³/mol. The van der Waals surface area contributed by atoms with Crippen LogP contribution in [0.25, 0.3) is 0 Å². The Morgan fingerprint density at radius 1 is 1.43 bits per heavy atom. The first-order valence-corrected chi connectivity index (χ1v) is 5.71. The van der Waals surface area contributed by atoms with E-state index in [1.54, 1.807) is 7.05 Å². The van der Waals surface area contributed by atoms with Gasteiger partial charge in [0.1, 0.15) is 0 Å². The molecular weight excluding hydrogens is 208 g/mol. The Morgan fingerprint density at radius 2 is 2.00 bits per heavy atom. The van der Waals surface area contributed by atoms with Gasteiger partial charge in [0, 0.05) is 13.1 Å². The van der Waals surface area contributed by atoms with Gasteiger partial charge in [0.15, 0.2) is 5.25 Å². The van der Waals surface area contributed by atoms with Crippen LogP contribution in [0, 0.1) is 0 Å². The maximum absolute atomic E-state index is 11.4. The van der Waals surface area contributed by atoms with E-state index in [0.717, 1.165) is 7.11 Å². The van der Waals surface area contributed by atoms with Crippen LogP contribution in [0.2, 0.25) is 0 Å². The monoisotopic (exact) mass is 224 g/mol. The molecule has 6 nitrogen and oxygen atoms in total. The number of methoxy groups -OCH3 is 1. The fraction of sp³-hybridized carbons (Fsp3) is 0.857. The first-order valence-electron chi connectivity index (χ1n) is 4.16. The summed E-state index contributed by atoms with van der Waals surface area (Å²) in [5, 5.41) is 1.60. The molecule has 0 aromatic carbocycles. The molecule has 0 aliphatic rings. The van der Waals surface area contributed by atoms with Crippen molar-refractivity contribution in [2.45, 2.75) is 12.2 Å². The molecular formula is C7H16N2O4S. The van der Waals surface area contributed by atoms with Crippen LogP contribution in [0.1, 0.15) is 6.92 Å². The van der Waals surface area contributed by atoms with E-state index in [-0.39, 0.29) is 6.54 Å². The van der Waals surface area contributed by atoms with E-state index in [1.807, 2.05) is 0 Å². The van der Waals surface area contributed by atoms with Crippen molar-refractivity contribution in [3.63, 3.8) is 0 Å². The van der Waals surface area contributed by atoms with Crippen LogP contribution < -0.4 is 10.0 Å². The van der Waals surface area contributed by atoms with Gasteiger partial charge in [-0.1, -0.05) is 0 Å². The summed E-state index contributed by atoms with van der Waals surface area (Å²) < 4.78 is 29.3. The Morgan fingerprint density at radius 3 is 2.43 bits per heavy atom. The van der Waals surface area contributed by atoms with E-state index < -0.39 is 21.2 Å². The second-order valence-electron chi connectivity index (χ2n) is 2.71. The maximum atomic E-state index is 11.4. The zero-order valence-corrected chi connectivity index (χ0v) is 9.35. The molecule has 0 amide bonds. The van der Waals surface area contributed by atoms with Crippen LogP contribution in [-0.4, -0.2) is 46.9 Å². The molecule has 7 heteroatoms. The molecule has 1 atom stereocenters. The van der Waals surface area contributed by atoms with Gasteiger partial charge >= 0.3 is 5.97 Å². The summed E-state index contributed by atoms with van der Waals surface area (Å²) in [6, 6.07) is 0. The minimum Gasteiger partial charge on any atom is -0.468 e. The Balaban J connectivity index is 4.24. The van der Waals surface area contributed by atoms with E-state index >= 15 is 0 Å². The SMILES string of the molecule is CNCCNS(=O)(=O)C(C)C(=O)OC. The number of rotatable bonds is 6. The van der Waals surface area contributed by atoms with Gasteiger partial charge in [-0.3, -0.25) is 4.79 Å². The molecule has 0 aliphatic heterocycles. The molecule has 14 heavy (non-hydrogen) atoms. The molecule has 0 aromatic heterocycles. The van der Waals surface area contributed by atoms with Crippen LogP contribution in [0.4, 0.5) is 0 Å². The molecule has 1 unspecified atom stereocenters. The number of carbonyl (C=O) groups is 1. The summed E-state index contributed by atoms with van der Waals surface area (Å²) in [7, 11) is -0.747. The fourth-order valence-corrected chi connectivity index (χ4v) is 1.72. The Bertz CT molecular complexity index is 275. The number of hydrogen-bond donors (Lipinski definition) is 2. The standard InChI is InChI=1S/C7H16N2O4S/c1-6(7(10)13-3)14(11,12)9-5-4-8-2/h6,8-9H,4-5H2,1-3H3. The second kappa shape index (κ2) is 5.94. The zero-order chi connectivity index (χ0) is 11.2. The maximum Gasteiger partial charge on any atom is 0.325 e. The van der Waals surface area contributed by atoms with Crippen molar-refractivity contribution in [2.75, 3.05) is 27.2 Å². The van der Waals surface area contributed by atoms with Gasteiger partial charge in [-0.05, 0) is 14.0 Å². The topological polar surface area (TPSA) is 84.5 Å². The highest BCUT2D eigenvalue weighted by atomic mass is 32.2. The van der Waals surface area contributed by atoms with Crippen molar-refractivity contribution in [3.8, 4) is 0 Å². The lowest BCUT2D eigenvalue weighted by Gasteiger charge is -2.11. The van der Waals surface area contributed by atoms with E-state index in [0.29, 0.717) is 6.54 Å². The van der Waals surface area contributed by atoms with Crippen molar-refractivity contribution in [1.29, 1.82) is 0 Å². The van der Waals surface area contributed by atoms with Gasteiger partial charge in [0.05, 0.1) is 7.11 Å². The third kappa shape index (κ3) is 4.03. The first-order chi connectivity index (χ1) is 6.45. The van der Waals surface area contributed by atoms with Crippen LogP contribution in [0.3, 0.4) is 0 Å². The predicted octanol–water partition coefficient (Wildman–Crippen LogP) is -1.31. The molecule has 0 rings (SSSR count). The Labute approximate surface area is 84.1 Å². The molecule has 2 N–H and O–H groups in total. The fourth-order valence-electron chi connectivity index (χ4n) is 0.736.